The molecule has 1 saturated heterocycles. The smallest absolute Gasteiger partial charge is 0.240 e. The Hall–Kier alpha value is -2.22. The number of benzene rings is 2. The molecule has 0 aromatic heterocycles. The normalized spacial score (nSPS) is 19.6. The summed E-state index contributed by atoms with van der Waals surface area (Å²) in [6.07, 6.45) is 2.21. The molecule has 2 aromatic carbocycles. The zero-order valence-electron chi connectivity index (χ0n) is 17.4. The average Bonchev–Trinajstić information content (AvgIpc) is 3.24. The SMILES string of the molecule is Cc1cccc(S(=O)(=O)NCCC(=O)N2CCC(N3CCc4ccccc4C3)C2)c1. The quantitative estimate of drug-likeness (QED) is 0.768. The standard InChI is InChI=1S/C23H29N3O3S/c1-18-5-4-8-22(15-18)30(28,29)24-12-9-23(27)26-14-11-21(17-26)25-13-10-19-6-2-3-7-20(19)16-25/h2-8,15,21,24H,9-14,16-17H2,1H3. The molecule has 1 amide bonds. The van der Waals surface area contributed by atoms with Gasteiger partial charge in [-0.3, -0.25) is 9.69 Å². The van der Waals surface area contributed by atoms with Crippen LogP contribution >= 0.6 is 0 Å². The van der Waals surface area contributed by atoms with Gasteiger partial charge < -0.3 is 4.90 Å². The molecule has 1 atom stereocenters. The first-order chi connectivity index (χ1) is 14.4. The van der Waals surface area contributed by atoms with Crippen LogP contribution in [0.3, 0.4) is 0 Å². The van der Waals surface area contributed by atoms with Crippen LogP contribution in [0.15, 0.2) is 53.4 Å². The number of rotatable bonds is 6. The lowest BCUT2D eigenvalue weighted by atomic mass is 9.98. The van der Waals surface area contributed by atoms with Crippen LogP contribution in [-0.4, -0.2) is 56.3 Å². The highest BCUT2D eigenvalue weighted by Gasteiger charge is 2.31. The Bertz CT molecular complexity index is 1020. The predicted molar refractivity (Wildman–Crippen MR) is 117 cm³/mol. The number of amides is 1. The number of aryl methyl sites for hydroxylation is 1. The van der Waals surface area contributed by atoms with Crippen molar-refractivity contribution >= 4 is 15.9 Å². The molecule has 6 nitrogen and oxygen atoms in total. The van der Waals surface area contributed by atoms with Crippen LogP contribution in [0.4, 0.5) is 0 Å². The number of likely N-dealkylation sites (tertiary alicyclic amines) is 1. The molecule has 4 rings (SSSR count). The maximum Gasteiger partial charge on any atom is 0.240 e. The molecule has 2 aromatic rings. The Morgan fingerprint density at radius 1 is 1.10 bits per heavy atom. The molecule has 0 aliphatic carbocycles. The zero-order chi connectivity index (χ0) is 21.1. The van der Waals surface area contributed by atoms with E-state index < -0.39 is 10.0 Å². The number of sulfonamides is 1. The van der Waals surface area contributed by atoms with E-state index in [-0.39, 0.29) is 23.8 Å². The Labute approximate surface area is 178 Å². The molecule has 2 aliphatic heterocycles. The fourth-order valence-electron chi connectivity index (χ4n) is 4.41. The van der Waals surface area contributed by atoms with Crippen molar-refractivity contribution in [3.8, 4) is 0 Å². The Morgan fingerprint density at radius 2 is 1.90 bits per heavy atom. The summed E-state index contributed by atoms with van der Waals surface area (Å²) in [6, 6.07) is 15.7. The highest BCUT2D eigenvalue weighted by molar-refractivity contribution is 7.89. The maximum absolute atomic E-state index is 12.6. The van der Waals surface area contributed by atoms with Gasteiger partial charge in [0.1, 0.15) is 0 Å². The number of carbonyl (C=O) groups excluding carboxylic acids is 1. The van der Waals surface area contributed by atoms with Gasteiger partial charge in [-0.25, -0.2) is 13.1 Å². The summed E-state index contributed by atoms with van der Waals surface area (Å²) in [6.45, 7) is 5.41. The number of nitrogens with zero attached hydrogens (tertiary/aromatic N) is 2. The van der Waals surface area contributed by atoms with Crippen molar-refractivity contribution in [2.45, 2.75) is 43.7 Å². The van der Waals surface area contributed by atoms with E-state index in [1.54, 1.807) is 18.2 Å². The minimum Gasteiger partial charge on any atom is -0.341 e. The third kappa shape index (κ3) is 4.74. The van der Waals surface area contributed by atoms with Gasteiger partial charge in [0.25, 0.3) is 0 Å². The van der Waals surface area contributed by atoms with Gasteiger partial charge in [-0.05, 0) is 48.6 Å². The summed E-state index contributed by atoms with van der Waals surface area (Å²) in [5, 5.41) is 0. The second-order valence-corrected chi connectivity index (χ2v) is 10.0. The van der Waals surface area contributed by atoms with Gasteiger partial charge in [-0.15, -0.1) is 0 Å². The Kier molecular flexibility index (Phi) is 6.22. The first kappa shape index (κ1) is 21.0. The van der Waals surface area contributed by atoms with Gasteiger partial charge in [0.15, 0.2) is 0 Å². The lowest BCUT2D eigenvalue weighted by Gasteiger charge is -2.33. The van der Waals surface area contributed by atoms with E-state index in [9.17, 15) is 13.2 Å². The van der Waals surface area contributed by atoms with E-state index in [2.05, 4.69) is 33.9 Å². The topological polar surface area (TPSA) is 69.7 Å². The summed E-state index contributed by atoms with van der Waals surface area (Å²) >= 11 is 0. The number of carbonyl (C=O) groups is 1. The van der Waals surface area contributed by atoms with Gasteiger partial charge >= 0.3 is 0 Å². The molecule has 1 N–H and O–H groups in total. The minimum atomic E-state index is -3.59. The molecule has 2 heterocycles. The average molecular weight is 428 g/mol. The molecule has 0 spiro atoms. The molecular weight excluding hydrogens is 398 g/mol. The van der Waals surface area contributed by atoms with Gasteiger partial charge in [-0.1, -0.05) is 36.4 Å². The lowest BCUT2D eigenvalue weighted by Crippen LogP contribution is -2.42. The summed E-state index contributed by atoms with van der Waals surface area (Å²) in [5.74, 6) is 0.0156. The largest absolute Gasteiger partial charge is 0.341 e. The fraction of sp³-hybridized carbons (Fsp3) is 0.435. The van der Waals surface area contributed by atoms with Crippen molar-refractivity contribution < 1.29 is 13.2 Å². The van der Waals surface area contributed by atoms with Gasteiger partial charge in [-0.2, -0.15) is 0 Å². The Balaban J connectivity index is 1.26. The molecule has 1 unspecified atom stereocenters. The van der Waals surface area contributed by atoms with Gasteiger partial charge in [0, 0.05) is 45.2 Å². The minimum absolute atomic E-state index is 0.0156. The van der Waals surface area contributed by atoms with Crippen molar-refractivity contribution in [3.05, 3.63) is 65.2 Å². The lowest BCUT2D eigenvalue weighted by molar-refractivity contribution is -0.130. The van der Waals surface area contributed by atoms with Crippen LogP contribution in [0.1, 0.15) is 29.5 Å². The molecule has 1 fully saturated rings. The Morgan fingerprint density at radius 3 is 2.70 bits per heavy atom. The van der Waals surface area contributed by atoms with E-state index in [1.807, 2.05) is 17.9 Å². The second kappa shape index (κ2) is 8.88. The van der Waals surface area contributed by atoms with Crippen LogP contribution in [0.25, 0.3) is 0 Å². The van der Waals surface area contributed by atoms with Gasteiger partial charge in [0.2, 0.25) is 15.9 Å². The highest BCUT2D eigenvalue weighted by Crippen LogP contribution is 2.24. The number of nitrogens with one attached hydrogen (secondary N) is 1. The molecule has 2 aliphatic rings. The molecular formula is C23H29N3O3S. The number of fused-ring (bicyclic) bond motifs is 1. The maximum atomic E-state index is 12.6. The third-order valence-electron chi connectivity index (χ3n) is 6.12. The molecule has 0 bridgehead atoms. The summed E-state index contributed by atoms with van der Waals surface area (Å²) in [5.41, 5.74) is 3.71. The van der Waals surface area contributed by atoms with Crippen molar-refractivity contribution in [1.82, 2.24) is 14.5 Å². The van der Waals surface area contributed by atoms with E-state index >= 15 is 0 Å². The first-order valence-electron chi connectivity index (χ1n) is 10.6. The zero-order valence-corrected chi connectivity index (χ0v) is 18.2. The van der Waals surface area contributed by atoms with Crippen molar-refractivity contribution in [2.75, 3.05) is 26.2 Å². The second-order valence-electron chi connectivity index (χ2n) is 8.24. The van der Waals surface area contributed by atoms with E-state index in [4.69, 9.17) is 0 Å². The summed E-state index contributed by atoms with van der Waals surface area (Å²) in [4.78, 5) is 17.2. The molecule has 160 valence electrons. The van der Waals surface area contributed by atoms with Crippen LogP contribution in [0, 0.1) is 6.92 Å². The van der Waals surface area contributed by atoms with Gasteiger partial charge in [0.05, 0.1) is 4.90 Å². The number of hydrogen-bond donors (Lipinski definition) is 1. The van der Waals surface area contributed by atoms with Crippen LogP contribution < -0.4 is 4.72 Å². The predicted octanol–water partition coefficient (Wildman–Crippen LogP) is 2.32. The molecule has 0 radical (unpaired) electrons. The monoisotopic (exact) mass is 427 g/mol. The summed E-state index contributed by atoms with van der Waals surface area (Å²) < 4.78 is 27.4. The highest BCUT2D eigenvalue weighted by atomic mass is 32.2. The fourth-order valence-corrected chi connectivity index (χ4v) is 5.55. The van der Waals surface area contributed by atoms with E-state index in [1.165, 1.54) is 11.1 Å². The van der Waals surface area contributed by atoms with Crippen LogP contribution in [0.5, 0.6) is 0 Å². The van der Waals surface area contributed by atoms with Crippen molar-refractivity contribution in [3.63, 3.8) is 0 Å². The molecule has 30 heavy (non-hydrogen) atoms. The van der Waals surface area contributed by atoms with Crippen LogP contribution in [-0.2, 0) is 27.8 Å². The van der Waals surface area contributed by atoms with E-state index in [0.717, 1.165) is 44.6 Å². The first-order valence-corrected chi connectivity index (χ1v) is 12.1. The van der Waals surface area contributed by atoms with Crippen molar-refractivity contribution in [2.24, 2.45) is 0 Å². The van der Waals surface area contributed by atoms with Crippen molar-refractivity contribution in [1.29, 1.82) is 0 Å². The van der Waals surface area contributed by atoms with E-state index in [0.29, 0.717) is 6.04 Å². The third-order valence-corrected chi connectivity index (χ3v) is 7.58. The van der Waals surface area contributed by atoms with Crippen LogP contribution in [0.2, 0.25) is 0 Å². The summed E-state index contributed by atoms with van der Waals surface area (Å²) in [7, 11) is -3.59. The molecule has 0 saturated carbocycles. The molecule has 7 heteroatoms. The number of hydrogen-bond acceptors (Lipinski definition) is 4.